The molecular formula is C12H22N2O. The van der Waals surface area contributed by atoms with E-state index in [4.69, 9.17) is 12.2 Å². The minimum absolute atomic E-state index is 0.152. The summed E-state index contributed by atoms with van der Waals surface area (Å²) in [6, 6.07) is 0. The Morgan fingerprint density at radius 3 is 2.67 bits per heavy atom. The molecular weight excluding hydrogens is 188 g/mol. The van der Waals surface area contributed by atoms with E-state index in [-0.39, 0.29) is 5.91 Å². The van der Waals surface area contributed by atoms with E-state index in [0.717, 1.165) is 12.8 Å². The van der Waals surface area contributed by atoms with E-state index in [1.807, 2.05) is 6.92 Å². The van der Waals surface area contributed by atoms with Gasteiger partial charge >= 0.3 is 0 Å². The highest BCUT2D eigenvalue weighted by Gasteiger charge is 2.11. The Morgan fingerprint density at radius 1 is 1.53 bits per heavy atom. The molecule has 0 aromatic heterocycles. The third-order valence-electron chi connectivity index (χ3n) is 2.53. The average molecular weight is 210 g/mol. The van der Waals surface area contributed by atoms with E-state index >= 15 is 0 Å². The molecule has 86 valence electrons. The van der Waals surface area contributed by atoms with Crippen LogP contribution in [-0.4, -0.2) is 30.4 Å². The maximum Gasteiger partial charge on any atom is 0.223 e. The average Bonchev–Trinajstić information content (AvgIpc) is 2.23. The van der Waals surface area contributed by atoms with Crippen molar-refractivity contribution >= 4 is 5.91 Å². The van der Waals surface area contributed by atoms with Gasteiger partial charge in [0.15, 0.2) is 0 Å². The first-order chi connectivity index (χ1) is 7.15. The van der Waals surface area contributed by atoms with Crippen LogP contribution in [0.1, 0.15) is 33.1 Å². The lowest BCUT2D eigenvalue weighted by atomic mass is 10.0. The molecule has 1 atom stereocenters. The summed E-state index contributed by atoms with van der Waals surface area (Å²) >= 11 is 0. The topological polar surface area (TPSA) is 46.3 Å². The minimum Gasteiger partial charge on any atom is -0.332 e. The van der Waals surface area contributed by atoms with Gasteiger partial charge in [0.25, 0.3) is 0 Å². The maximum absolute atomic E-state index is 11.7. The van der Waals surface area contributed by atoms with Crippen molar-refractivity contribution in [3.63, 3.8) is 0 Å². The summed E-state index contributed by atoms with van der Waals surface area (Å²) in [5.41, 5.74) is 5.45. The van der Waals surface area contributed by atoms with Crippen LogP contribution < -0.4 is 5.73 Å². The van der Waals surface area contributed by atoms with Crippen LogP contribution in [0.25, 0.3) is 0 Å². The zero-order valence-corrected chi connectivity index (χ0v) is 9.83. The highest BCUT2D eigenvalue weighted by Crippen LogP contribution is 2.10. The molecule has 1 unspecified atom stereocenters. The Kier molecular flexibility index (Phi) is 7.75. The van der Waals surface area contributed by atoms with Crippen LogP contribution >= 0.6 is 0 Å². The summed E-state index contributed by atoms with van der Waals surface area (Å²) in [5, 5.41) is 0. The number of nitrogens with two attached hydrogens (primary N) is 1. The molecule has 0 aromatic rings. The third-order valence-corrected chi connectivity index (χ3v) is 2.53. The Balaban J connectivity index is 3.85. The van der Waals surface area contributed by atoms with Crippen LogP contribution in [0.5, 0.6) is 0 Å². The molecule has 3 heteroatoms. The zero-order valence-electron chi connectivity index (χ0n) is 9.83. The number of rotatable bonds is 7. The highest BCUT2D eigenvalue weighted by atomic mass is 16.2. The van der Waals surface area contributed by atoms with E-state index < -0.39 is 0 Å². The van der Waals surface area contributed by atoms with E-state index in [2.05, 4.69) is 12.8 Å². The van der Waals surface area contributed by atoms with E-state index in [9.17, 15) is 4.79 Å². The standard InChI is InChI=1S/C12H22N2O/c1-4-10-14(5-2)12(15)7-6-11(3)8-9-13/h1,11H,5-10,13H2,2-3H3. The minimum atomic E-state index is 0.152. The lowest BCUT2D eigenvalue weighted by Crippen LogP contribution is -2.31. The van der Waals surface area contributed by atoms with E-state index in [1.165, 1.54) is 0 Å². The quantitative estimate of drug-likeness (QED) is 0.642. The molecule has 15 heavy (non-hydrogen) atoms. The number of nitrogens with zero attached hydrogens (tertiary/aromatic N) is 1. The molecule has 0 fully saturated rings. The van der Waals surface area contributed by atoms with E-state index in [0.29, 0.717) is 32.0 Å². The van der Waals surface area contributed by atoms with Gasteiger partial charge in [0.1, 0.15) is 0 Å². The molecule has 0 radical (unpaired) electrons. The van der Waals surface area contributed by atoms with Crippen LogP contribution in [0.3, 0.4) is 0 Å². The maximum atomic E-state index is 11.7. The SMILES string of the molecule is C#CCN(CC)C(=O)CCC(C)CCN. The lowest BCUT2D eigenvalue weighted by molar-refractivity contribution is -0.130. The van der Waals surface area contributed by atoms with Gasteiger partial charge in [-0.1, -0.05) is 12.8 Å². The van der Waals surface area contributed by atoms with Crippen LogP contribution in [0.2, 0.25) is 0 Å². The monoisotopic (exact) mass is 210 g/mol. The summed E-state index contributed by atoms with van der Waals surface area (Å²) in [6.07, 6.45) is 7.65. The first-order valence-electron chi connectivity index (χ1n) is 5.57. The molecule has 0 aliphatic heterocycles. The molecule has 2 N–H and O–H groups in total. The van der Waals surface area contributed by atoms with Gasteiger partial charge in [0, 0.05) is 13.0 Å². The summed E-state index contributed by atoms with van der Waals surface area (Å²) in [7, 11) is 0. The Morgan fingerprint density at radius 2 is 2.20 bits per heavy atom. The largest absolute Gasteiger partial charge is 0.332 e. The van der Waals surface area contributed by atoms with Crippen LogP contribution in [0, 0.1) is 18.3 Å². The second-order valence-corrected chi connectivity index (χ2v) is 3.83. The number of hydrogen-bond acceptors (Lipinski definition) is 2. The van der Waals surface area contributed by atoms with Gasteiger partial charge in [-0.25, -0.2) is 0 Å². The molecule has 0 aliphatic rings. The van der Waals surface area contributed by atoms with E-state index in [1.54, 1.807) is 4.90 Å². The van der Waals surface area contributed by atoms with Gasteiger partial charge in [-0.2, -0.15) is 0 Å². The molecule has 0 heterocycles. The van der Waals surface area contributed by atoms with Crippen molar-refractivity contribution < 1.29 is 4.79 Å². The van der Waals surface area contributed by atoms with Gasteiger partial charge in [0.2, 0.25) is 5.91 Å². The van der Waals surface area contributed by atoms with Crippen molar-refractivity contribution in [1.29, 1.82) is 0 Å². The zero-order chi connectivity index (χ0) is 11.7. The van der Waals surface area contributed by atoms with Crippen molar-refractivity contribution in [2.45, 2.75) is 33.1 Å². The van der Waals surface area contributed by atoms with Crippen LogP contribution in [0.15, 0.2) is 0 Å². The van der Waals surface area contributed by atoms with Crippen molar-refractivity contribution in [2.24, 2.45) is 11.7 Å². The Bertz CT molecular complexity index is 220. The normalized spacial score (nSPS) is 11.9. The van der Waals surface area contributed by atoms with Gasteiger partial charge in [0.05, 0.1) is 6.54 Å². The second-order valence-electron chi connectivity index (χ2n) is 3.83. The van der Waals surface area contributed by atoms with Gasteiger partial charge in [-0.15, -0.1) is 6.42 Å². The van der Waals surface area contributed by atoms with Gasteiger partial charge in [-0.3, -0.25) is 4.79 Å². The number of terminal acetylenes is 1. The fourth-order valence-electron chi connectivity index (χ4n) is 1.44. The van der Waals surface area contributed by atoms with Crippen molar-refractivity contribution in [1.82, 2.24) is 4.90 Å². The Hall–Kier alpha value is -1.01. The first kappa shape index (κ1) is 14.0. The van der Waals surface area contributed by atoms with Crippen molar-refractivity contribution in [3.05, 3.63) is 0 Å². The molecule has 0 bridgehead atoms. The lowest BCUT2D eigenvalue weighted by Gasteiger charge is -2.19. The summed E-state index contributed by atoms with van der Waals surface area (Å²) < 4.78 is 0. The van der Waals surface area contributed by atoms with Crippen molar-refractivity contribution in [2.75, 3.05) is 19.6 Å². The summed E-state index contributed by atoms with van der Waals surface area (Å²) in [6.45, 7) is 5.86. The first-order valence-corrected chi connectivity index (χ1v) is 5.57. The predicted octanol–water partition coefficient (Wildman–Crippen LogP) is 1.23. The molecule has 0 rings (SSSR count). The van der Waals surface area contributed by atoms with Gasteiger partial charge in [-0.05, 0) is 32.2 Å². The molecule has 0 saturated heterocycles. The molecule has 0 aromatic carbocycles. The number of amides is 1. The molecule has 0 aliphatic carbocycles. The number of carbonyl (C=O) groups excluding carboxylic acids is 1. The predicted molar refractivity (Wildman–Crippen MR) is 63.2 cm³/mol. The smallest absolute Gasteiger partial charge is 0.223 e. The molecule has 0 spiro atoms. The van der Waals surface area contributed by atoms with Crippen LogP contribution in [-0.2, 0) is 4.79 Å². The number of carbonyl (C=O) groups is 1. The highest BCUT2D eigenvalue weighted by molar-refractivity contribution is 5.76. The van der Waals surface area contributed by atoms with Crippen LogP contribution in [0.4, 0.5) is 0 Å². The molecule has 3 nitrogen and oxygen atoms in total. The van der Waals surface area contributed by atoms with Gasteiger partial charge < -0.3 is 10.6 Å². The molecule has 1 amide bonds. The molecule has 0 saturated carbocycles. The Labute approximate surface area is 93.0 Å². The number of hydrogen-bond donors (Lipinski definition) is 1. The fraction of sp³-hybridized carbons (Fsp3) is 0.750. The summed E-state index contributed by atoms with van der Waals surface area (Å²) in [5.74, 6) is 3.17. The third kappa shape index (κ3) is 6.14. The second kappa shape index (κ2) is 8.31. The van der Waals surface area contributed by atoms with Crippen molar-refractivity contribution in [3.8, 4) is 12.3 Å². The summed E-state index contributed by atoms with van der Waals surface area (Å²) in [4.78, 5) is 13.4. The fourth-order valence-corrected chi connectivity index (χ4v) is 1.44.